The molecular formula is C12H14N2O3. The highest BCUT2D eigenvalue weighted by molar-refractivity contribution is 5.97. The van der Waals surface area contributed by atoms with Crippen LogP contribution in [0, 0.1) is 0 Å². The van der Waals surface area contributed by atoms with Crippen LogP contribution in [-0.4, -0.2) is 16.9 Å². The molecule has 0 aliphatic carbocycles. The van der Waals surface area contributed by atoms with Gasteiger partial charge in [-0.25, -0.2) is 0 Å². The summed E-state index contributed by atoms with van der Waals surface area (Å²) >= 11 is 0. The van der Waals surface area contributed by atoms with Crippen molar-refractivity contribution < 1.29 is 14.7 Å². The van der Waals surface area contributed by atoms with Crippen molar-refractivity contribution in [3.05, 3.63) is 17.7 Å². The Bertz CT molecular complexity index is 483. The van der Waals surface area contributed by atoms with Gasteiger partial charge in [-0.2, -0.15) is 0 Å². The summed E-state index contributed by atoms with van der Waals surface area (Å²) in [6.45, 7) is 1.74. The van der Waals surface area contributed by atoms with Crippen LogP contribution in [0.4, 0.5) is 11.4 Å². The number of anilines is 2. The van der Waals surface area contributed by atoms with Crippen molar-refractivity contribution in [2.75, 3.05) is 10.6 Å². The molecule has 3 N–H and O–H groups in total. The smallest absolute Gasteiger partial charge is 0.224 e. The fourth-order valence-corrected chi connectivity index (χ4v) is 1.80. The Kier molecular flexibility index (Phi) is 2.99. The number of amides is 2. The second kappa shape index (κ2) is 4.45. The first kappa shape index (κ1) is 11.4. The number of carbonyl (C=O) groups is 2. The summed E-state index contributed by atoms with van der Waals surface area (Å²) in [6, 6.07) is 3.28. The van der Waals surface area contributed by atoms with E-state index in [1.165, 1.54) is 0 Å². The van der Waals surface area contributed by atoms with Gasteiger partial charge in [0.25, 0.3) is 0 Å². The van der Waals surface area contributed by atoms with Gasteiger partial charge >= 0.3 is 0 Å². The van der Waals surface area contributed by atoms with Crippen LogP contribution in [0.2, 0.25) is 0 Å². The van der Waals surface area contributed by atoms with E-state index in [4.69, 9.17) is 0 Å². The molecular weight excluding hydrogens is 220 g/mol. The summed E-state index contributed by atoms with van der Waals surface area (Å²) in [6.07, 6.45) is 1.20. The summed E-state index contributed by atoms with van der Waals surface area (Å²) < 4.78 is 0. The molecule has 5 heteroatoms. The molecule has 17 heavy (non-hydrogen) atoms. The molecule has 0 atom stereocenters. The first-order valence-corrected chi connectivity index (χ1v) is 5.56. The van der Waals surface area contributed by atoms with Gasteiger partial charge in [0, 0.05) is 24.1 Å². The van der Waals surface area contributed by atoms with Crippen molar-refractivity contribution in [2.45, 2.75) is 26.2 Å². The number of phenols is 1. The summed E-state index contributed by atoms with van der Waals surface area (Å²) in [4.78, 5) is 22.4. The van der Waals surface area contributed by atoms with Gasteiger partial charge in [0.1, 0.15) is 5.75 Å². The number of hydrogen-bond donors (Lipinski definition) is 3. The third-order valence-corrected chi connectivity index (χ3v) is 2.75. The Balaban J connectivity index is 2.32. The van der Waals surface area contributed by atoms with Crippen molar-refractivity contribution in [1.82, 2.24) is 0 Å². The maximum absolute atomic E-state index is 11.3. The highest BCUT2D eigenvalue weighted by atomic mass is 16.3. The molecule has 1 aliphatic heterocycles. The molecule has 90 valence electrons. The number of nitrogens with one attached hydrogen (secondary N) is 2. The van der Waals surface area contributed by atoms with Gasteiger partial charge in [-0.05, 0) is 18.6 Å². The van der Waals surface area contributed by atoms with Gasteiger partial charge in [-0.15, -0.1) is 0 Å². The maximum Gasteiger partial charge on any atom is 0.224 e. The molecule has 0 fully saturated rings. The molecule has 1 heterocycles. The van der Waals surface area contributed by atoms with E-state index in [9.17, 15) is 14.7 Å². The number of carbonyl (C=O) groups excluding carboxylic acids is 2. The number of fused-ring (bicyclic) bond motifs is 1. The zero-order valence-corrected chi connectivity index (χ0v) is 9.54. The largest absolute Gasteiger partial charge is 0.505 e. The number of rotatable bonds is 2. The molecule has 0 bridgehead atoms. The predicted molar refractivity (Wildman–Crippen MR) is 64.0 cm³/mol. The Labute approximate surface area is 98.8 Å². The number of phenolic OH excluding ortho intramolecular Hbond substituents is 1. The van der Waals surface area contributed by atoms with Gasteiger partial charge in [0.05, 0.1) is 5.69 Å². The molecule has 0 radical (unpaired) electrons. The van der Waals surface area contributed by atoms with Crippen LogP contribution in [0.1, 0.15) is 25.3 Å². The van der Waals surface area contributed by atoms with E-state index >= 15 is 0 Å². The third kappa shape index (κ3) is 2.22. The minimum absolute atomic E-state index is 0.0456. The van der Waals surface area contributed by atoms with Gasteiger partial charge < -0.3 is 15.7 Å². The van der Waals surface area contributed by atoms with Crippen LogP contribution in [0.3, 0.4) is 0 Å². The van der Waals surface area contributed by atoms with Gasteiger partial charge in [0.2, 0.25) is 11.8 Å². The van der Waals surface area contributed by atoms with E-state index in [1.54, 1.807) is 19.1 Å². The fraction of sp³-hybridized carbons (Fsp3) is 0.333. The zero-order chi connectivity index (χ0) is 12.4. The van der Waals surface area contributed by atoms with Crippen molar-refractivity contribution in [1.29, 1.82) is 0 Å². The van der Waals surface area contributed by atoms with Crippen LogP contribution < -0.4 is 10.6 Å². The maximum atomic E-state index is 11.3. The third-order valence-electron chi connectivity index (χ3n) is 2.75. The molecule has 0 spiro atoms. The van der Waals surface area contributed by atoms with Crippen LogP contribution in [-0.2, 0) is 16.0 Å². The minimum Gasteiger partial charge on any atom is -0.505 e. The lowest BCUT2D eigenvalue weighted by Crippen LogP contribution is -2.19. The molecule has 1 aromatic carbocycles. The molecule has 1 aliphatic rings. The normalized spacial score (nSPS) is 13.8. The fourth-order valence-electron chi connectivity index (χ4n) is 1.80. The standard InChI is InChI=1S/C12H14N2O3/c1-2-10(15)14-9-5-4-8-7(12(9)17)3-6-11(16)13-8/h4-5,17H,2-3,6H2,1H3,(H,13,16)(H,14,15). The van der Waals surface area contributed by atoms with Crippen molar-refractivity contribution >= 4 is 23.2 Å². The lowest BCUT2D eigenvalue weighted by Gasteiger charge is -2.19. The van der Waals surface area contributed by atoms with E-state index in [1.807, 2.05) is 0 Å². The minimum atomic E-state index is -0.153. The van der Waals surface area contributed by atoms with Crippen molar-refractivity contribution in [3.8, 4) is 5.75 Å². The molecule has 0 saturated carbocycles. The second-order valence-electron chi connectivity index (χ2n) is 3.94. The average Bonchev–Trinajstić information content (AvgIpc) is 2.32. The highest BCUT2D eigenvalue weighted by Crippen LogP contribution is 2.36. The SMILES string of the molecule is CCC(=O)Nc1ccc2c(c1O)CCC(=O)N2. The first-order chi connectivity index (χ1) is 8.11. The summed E-state index contributed by atoms with van der Waals surface area (Å²) in [5.41, 5.74) is 1.69. The van der Waals surface area contributed by atoms with Crippen LogP contribution >= 0.6 is 0 Å². The zero-order valence-electron chi connectivity index (χ0n) is 9.54. The summed E-state index contributed by atoms with van der Waals surface area (Å²) in [7, 11) is 0. The van der Waals surface area contributed by atoms with E-state index < -0.39 is 0 Å². The molecule has 2 amide bonds. The Morgan fingerprint density at radius 3 is 2.94 bits per heavy atom. The van der Waals surface area contributed by atoms with Crippen LogP contribution in [0.5, 0.6) is 5.75 Å². The van der Waals surface area contributed by atoms with Crippen molar-refractivity contribution in [3.63, 3.8) is 0 Å². The lowest BCUT2D eigenvalue weighted by molar-refractivity contribution is -0.117. The Morgan fingerprint density at radius 1 is 1.47 bits per heavy atom. The van der Waals surface area contributed by atoms with Crippen LogP contribution in [0.25, 0.3) is 0 Å². The van der Waals surface area contributed by atoms with Crippen molar-refractivity contribution in [2.24, 2.45) is 0 Å². The molecule has 0 aromatic heterocycles. The summed E-state index contributed by atoms with van der Waals surface area (Å²) in [5.74, 6) is -0.161. The topological polar surface area (TPSA) is 78.4 Å². The summed E-state index contributed by atoms with van der Waals surface area (Å²) in [5, 5.41) is 15.3. The number of hydrogen-bond acceptors (Lipinski definition) is 3. The molecule has 0 saturated heterocycles. The van der Waals surface area contributed by atoms with E-state index in [-0.39, 0.29) is 17.6 Å². The van der Waals surface area contributed by atoms with Crippen LogP contribution in [0.15, 0.2) is 12.1 Å². The van der Waals surface area contributed by atoms with Gasteiger partial charge in [0.15, 0.2) is 0 Å². The molecule has 5 nitrogen and oxygen atoms in total. The highest BCUT2D eigenvalue weighted by Gasteiger charge is 2.20. The first-order valence-electron chi connectivity index (χ1n) is 5.56. The predicted octanol–water partition coefficient (Wildman–Crippen LogP) is 1.63. The lowest BCUT2D eigenvalue weighted by atomic mass is 10.0. The molecule has 0 unspecified atom stereocenters. The molecule has 1 aromatic rings. The Morgan fingerprint density at radius 2 is 2.24 bits per heavy atom. The average molecular weight is 234 g/mol. The van der Waals surface area contributed by atoms with E-state index in [2.05, 4.69) is 10.6 Å². The number of aromatic hydroxyl groups is 1. The van der Waals surface area contributed by atoms with E-state index in [0.29, 0.717) is 36.2 Å². The van der Waals surface area contributed by atoms with Gasteiger partial charge in [-0.3, -0.25) is 9.59 Å². The Hall–Kier alpha value is -2.04. The quantitative estimate of drug-likeness (QED) is 0.680. The van der Waals surface area contributed by atoms with Gasteiger partial charge in [-0.1, -0.05) is 6.92 Å². The second-order valence-corrected chi connectivity index (χ2v) is 3.94. The molecule has 2 rings (SSSR count). The van der Waals surface area contributed by atoms with E-state index in [0.717, 1.165) is 0 Å². The number of benzene rings is 1. The monoisotopic (exact) mass is 234 g/mol.